The minimum absolute atomic E-state index is 0.239. The van der Waals surface area contributed by atoms with Gasteiger partial charge in [-0.1, -0.05) is 28.1 Å². The standard InChI is InChI=1S/C16H16BrN3O3/c17-12-6-7-18-14-11(12)4-1-5-13(14)19-16(23)20-8-2-3-10(9-20)15(21)22/h1,4-7,10H,2-3,8-9H2,(H,19,23)(H,21,22). The molecule has 0 saturated carbocycles. The smallest absolute Gasteiger partial charge is 0.321 e. The van der Waals surface area contributed by atoms with E-state index in [2.05, 4.69) is 26.2 Å². The molecule has 7 heteroatoms. The Morgan fingerprint density at radius 2 is 2.17 bits per heavy atom. The molecule has 2 aromatic rings. The number of fused-ring (bicyclic) bond motifs is 1. The second kappa shape index (κ2) is 6.54. The Labute approximate surface area is 141 Å². The number of halogens is 1. The molecule has 120 valence electrons. The van der Waals surface area contributed by atoms with Crippen LogP contribution in [-0.4, -0.2) is 40.1 Å². The molecule has 0 bridgehead atoms. The molecule has 1 atom stereocenters. The fourth-order valence-corrected chi connectivity index (χ4v) is 3.24. The van der Waals surface area contributed by atoms with Crippen LogP contribution in [0.15, 0.2) is 34.9 Å². The van der Waals surface area contributed by atoms with Crippen molar-refractivity contribution < 1.29 is 14.7 Å². The number of carboxylic acids is 1. The molecule has 1 aromatic heterocycles. The Bertz CT molecular complexity index is 765. The van der Waals surface area contributed by atoms with Crippen LogP contribution in [0.4, 0.5) is 10.5 Å². The van der Waals surface area contributed by atoms with Gasteiger partial charge in [0.05, 0.1) is 17.1 Å². The minimum Gasteiger partial charge on any atom is -0.481 e. The van der Waals surface area contributed by atoms with E-state index >= 15 is 0 Å². The normalized spacial score (nSPS) is 18.0. The lowest BCUT2D eigenvalue weighted by Crippen LogP contribution is -2.44. The highest BCUT2D eigenvalue weighted by molar-refractivity contribution is 9.10. The van der Waals surface area contributed by atoms with Gasteiger partial charge in [-0.25, -0.2) is 4.79 Å². The number of anilines is 1. The van der Waals surface area contributed by atoms with Gasteiger partial charge in [-0.3, -0.25) is 9.78 Å². The number of aromatic nitrogens is 1. The predicted octanol–water partition coefficient (Wildman–Crippen LogP) is 3.33. The van der Waals surface area contributed by atoms with Gasteiger partial charge in [0, 0.05) is 29.1 Å². The summed E-state index contributed by atoms with van der Waals surface area (Å²) in [4.78, 5) is 29.4. The average molecular weight is 378 g/mol. The van der Waals surface area contributed by atoms with Gasteiger partial charge in [0.25, 0.3) is 0 Å². The van der Waals surface area contributed by atoms with E-state index in [1.165, 1.54) is 0 Å². The van der Waals surface area contributed by atoms with Crippen LogP contribution in [0.2, 0.25) is 0 Å². The van der Waals surface area contributed by atoms with E-state index in [0.717, 1.165) is 9.86 Å². The maximum absolute atomic E-state index is 12.4. The molecule has 1 saturated heterocycles. The Hall–Kier alpha value is -2.15. The summed E-state index contributed by atoms with van der Waals surface area (Å²) >= 11 is 3.47. The first-order valence-corrected chi connectivity index (χ1v) is 8.17. The van der Waals surface area contributed by atoms with Crippen molar-refractivity contribution in [2.75, 3.05) is 18.4 Å². The molecule has 1 aliphatic heterocycles. The number of nitrogens with one attached hydrogen (secondary N) is 1. The highest BCUT2D eigenvalue weighted by Crippen LogP contribution is 2.27. The van der Waals surface area contributed by atoms with Crippen LogP contribution in [0.25, 0.3) is 10.9 Å². The summed E-state index contributed by atoms with van der Waals surface area (Å²) in [6, 6.07) is 7.11. The maximum atomic E-state index is 12.4. The number of para-hydroxylation sites is 1. The minimum atomic E-state index is -0.849. The summed E-state index contributed by atoms with van der Waals surface area (Å²) in [5.41, 5.74) is 1.31. The zero-order valence-corrected chi connectivity index (χ0v) is 13.9. The van der Waals surface area contributed by atoms with Gasteiger partial charge in [0.1, 0.15) is 0 Å². The zero-order chi connectivity index (χ0) is 16.4. The van der Waals surface area contributed by atoms with Crippen molar-refractivity contribution in [3.63, 3.8) is 0 Å². The second-order valence-electron chi connectivity index (χ2n) is 5.55. The van der Waals surface area contributed by atoms with E-state index < -0.39 is 11.9 Å². The number of nitrogens with zero attached hydrogens (tertiary/aromatic N) is 2. The molecule has 2 heterocycles. The number of carbonyl (C=O) groups is 2. The number of rotatable bonds is 2. The highest BCUT2D eigenvalue weighted by Gasteiger charge is 2.28. The van der Waals surface area contributed by atoms with E-state index in [1.54, 1.807) is 17.2 Å². The van der Waals surface area contributed by atoms with Gasteiger partial charge in [0.2, 0.25) is 0 Å². The fourth-order valence-electron chi connectivity index (χ4n) is 2.80. The molecule has 0 aliphatic carbocycles. The summed E-state index contributed by atoms with van der Waals surface area (Å²) in [6.45, 7) is 0.806. The van der Waals surface area contributed by atoms with Crippen molar-refractivity contribution in [1.29, 1.82) is 0 Å². The van der Waals surface area contributed by atoms with E-state index in [4.69, 9.17) is 5.11 Å². The third-order valence-electron chi connectivity index (χ3n) is 4.02. The van der Waals surface area contributed by atoms with E-state index in [1.807, 2.05) is 18.2 Å². The Morgan fingerprint density at radius 1 is 1.35 bits per heavy atom. The topological polar surface area (TPSA) is 82.5 Å². The first-order valence-electron chi connectivity index (χ1n) is 7.38. The summed E-state index contributed by atoms with van der Waals surface area (Å²) in [6.07, 6.45) is 2.98. The second-order valence-corrected chi connectivity index (χ2v) is 6.40. The molecule has 23 heavy (non-hydrogen) atoms. The maximum Gasteiger partial charge on any atom is 0.321 e. The molecule has 1 unspecified atom stereocenters. The van der Waals surface area contributed by atoms with Gasteiger partial charge < -0.3 is 15.3 Å². The Balaban J connectivity index is 1.81. The fraction of sp³-hybridized carbons (Fsp3) is 0.312. The van der Waals surface area contributed by atoms with Crippen LogP contribution < -0.4 is 5.32 Å². The Morgan fingerprint density at radius 3 is 2.96 bits per heavy atom. The number of benzene rings is 1. The molecule has 2 N–H and O–H groups in total. The Kier molecular flexibility index (Phi) is 4.47. The van der Waals surface area contributed by atoms with Crippen molar-refractivity contribution >= 4 is 44.5 Å². The summed E-state index contributed by atoms with van der Waals surface area (Å²) < 4.78 is 0.905. The molecular formula is C16H16BrN3O3. The highest BCUT2D eigenvalue weighted by atomic mass is 79.9. The third-order valence-corrected chi connectivity index (χ3v) is 4.71. The summed E-state index contributed by atoms with van der Waals surface area (Å²) in [7, 11) is 0. The molecule has 3 rings (SSSR count). The largest absolute Gasteiger partial charge is 0.481 e. The van der Waals surface area contributed by atoms with Gasteiger partial charge in [-0.05, 0) is 25.0 Å². The van der Waals surface area contributed by atoms with Crippen LogP contribution >= 0.6 is 15.9 Å². The molecule has 2 amide bonds. The first kappa shape index (κ1) is 15.7. The summed E-state index contributed by atoms with van der Waals surface area (Å²) in [5, 5.41) is 12.9. The van der Waals surface area contributed by atoms with Crippen LogP contribution in [0.1, 0.15) is 12.8 Å². The molecular weight excluding hydrogens is 362 g/mol. The van der Waals surface area contributed by atoms with Crippen molar-refractivity contribution in [1.82, 2.24) is 9.88 Å². The van der Waals surface area contributed by atoms with Crippen LogP contribution in [0.3, 0.4) is 0 Å². The van der Waals surface area contributed by atoms with Gasteiger partial charge in [-0.2, -0.15) is 0 Å². The molecule has 1 aromatic carbocycles. The number of carboxylic acid groups (broad SMARTS) is 1. The van der Waals surface area contributed by atoms with Crippen molar-refractivity contribution in [3.05, 3.63) is 34.9 Å². The number of hydrogen-bond donors (Lipinski definition) is 2. The number of amides is 2. The number of likely N-dealkylation sites (tertiary alicyclic amines) is 1. The SMILES string of the molecule is O=C(O)C1CCCN(C(=O)Nc2cccc3c(Br)ccnc23)C1. The number of carbonyl (C=O) groups excluding carboxylic acids is 1. The van der Waals surface area contributed by atoms with Gasteiger partial charge >= 0.3 is 12.0 Å². The van der Waals surface area contributed by atoms with Crippen molar-refractivity contribution in [2.24, 2.45) is 5.92 Å². The van der Waals surface area contributed by atoms with Crippen molar-refractivity contribution in [2.45, 2.75) is 12.8 Å². The third kappa shape index (κ3) is 3.29. The zero-order valence-electron chi connectivity index (χ0n) is 12.3. The number of piperidine rings is 1. The lowest BCUT2D eigenvalue weighted by Gasteiger charge is -2.30. The average Bonchev–Trinajstić information content (AvgIpc) is 2.56. The molecule has 0 spiro atoms. The lowest BCUT2D eigenvalue weighted by molar-refractivity contribution is -0.143. The molecule has 1 aliphatic rings. The van der Waals surface area contributed by atoms with E-state index in [0.29, 0.717) is 30.6 Å². The molecule has 0 radical (unpaired) electrons. The van der Waals surface area contributed by atoms with Crippen molar-refractivity contribution in [3.8, 4) is 0 Å². The lowest BCUT2D eigenvalue weighted by atomic mass is 9.99. The van der Waals surface area contributed by atoms with Crippen LogP contribution in [-0.2, 0) is 4.79 Å². The molecule has 1 fully saturated rings. The number of urea groups is 1. The van der Waals surface area contributed by atoms with E-state index in [9.17, 15) is 9.59 Å². The van der Waals surface area contributed by atoms with Crippen LogP contribution in [0.5, 0.6) is 0 Å². The first-order chi connectivity index (χ1) is 11.1. The number of pyridine rings is 1. The van der Waals surface area contributed by atoms with Gasteiger partial charge in [-0.15, -0.1) is 0 Å². The monoisotopic (exact) mass is 377 g/mol. The van der Waals surface area contributed by atoms with E-state index in [-0.39, 0.29) is 12.6 Å². The summed E-state index contributed by atoms with van der Waals surface area (Å²) in [5.74, 6) is -1.34. The predicted molar refractivity (Wildman–Crippen MR) is 90.4 cm³/mol. The number of aliphatic carboxylic acids is 1. The van der Waals surface area contributed by atoms with Gasteiger partial charge in [0.15, 0.2) is 0 Å². The molecule has 6 nitrogen and oxygen atoms in total. The number of hydrogen-bond acceptors (Lipinski definition) is 3. The quantitative estimate of drug-likeness (QED) is 0.840. The van der Waals surface area contributed by atoms with Crippen LogP contribution in [0, 0.1) is 5.92 Å².